The third kappa shape index (κ3) is 2.21. The van der Waals surface area contributed by atoms with Crippen LogP contribution in [0.2, 0.25) is 0 Å². The molecule has 0 radical (unpaired) electrons. The number of carboxylic acid groups (broad SMARTS) is 1. The van der Waals surface area contributed by atoms with Crippen LogP contribution >= 0.6 is 0 Å². The molecule has 1 saturated carbocycles. The Morgan fingerprint density at radius 3 is 2.80 bits per heavy atom. The van der Waals surface area contributed by atoms with E-state index in [0.29, 0.717) is 18.1 Å². The molecule has 0 spiro atoms. The van der Waals surface area contributed by atoms with Gasteiger partial charge < -0.3 is 14.8 Å². The number of hydrogen-bond donors (Lipinski definition) is 2. The van der Waals surface area contributed by atoms with Crippen molar-refractivity contribution in [2.24, 2.45) is 0 Å². The van der Waals surface area contributed by atoms with Gasteiger partial charge in [-0.1, -0.05) is 0 Å². The van der Waals surface area contributed by atoms with Gasteiger partial charge in [0, 0.05) is 5.54 Å². The van der Waals surface area contributed by atoms with Crippen molar-refractivity contribution in [3.8, 4) is 0 Å². The second kappa shape index (κ2) is 3.38. The van der Waals surface area contributed by atoms with Gasteiger partial charge in [-0.05, 0) is 32.8 Å². The Balaban J connectivity index is 2.02. The Hall–Kier alpha value is -1.29. The standard InChI is InChI=1S/C11H15NO3/c1-7-9(10(13)14)5-8(15-7)6-12-11(2)3-4-11/h5,12H,3-4,6H2,1-2H3,(H,13,14). The molecule has 1 aliphatic rings. The maximum absolute atomic E-state index is 10.8. The summed E-state index contributed by atoms with van der Waals surface area (Å²) < 4.78 is 5.36. The predicted octanol–water partition coefficient (Wildman–Crippen LogP) is 1.93. The Bertz CT molecular complexity index is 391. The molecule has 82 valence electrons. The van der Waals surface area contributed by atoms with E-state index in [9.17, 15) is 4.79 Å². The van der Waals surface area contributed by atoms with Crippen molar-refractivity contribution in [2.75, 3.05) is 0 Å². The molecule has 2 rings (SSSR count). The molecule has 0 aliphatic heterocycles. The number of carbonyl (C=O) groups is 1. The lowest BCUT2D eigenvalue weighted by atomic mass is 10.2. The van der Waals surface area contributed by atoms with Crippen LogP contribution in [0.3, 0.4) is 0 Å². The molecular weight excluding hydrogens is 194 g/mol. The molecule has 1 heterocycles. The molecule has 0 bridgehead atoms. The van der Waals surface area contributed by atoms with E-state index < -0.39 is 5.97 Å². The third-order valence-electron chi connectivity index (χ3n) is 2.89. The van der Waals surface area contributed by atoms with Gasteiger partial charge >= 0.3 is 5.97 Å². The Kier molecular flexibility index (Phi) is 2.31. The molecule has 0 amide bonds. The quantitative estimate of drug-likeness (QED) is 0.795. The van der Waals surface area contributed by atoms with Gasteiger partial charge in [0.1, 0.15) is 17.1 Å². The molecule has 1 fully saturated rings. The van der Waals surface area contributed by atoms with Gasteiger partial charge in [0.15, 0.2) is 0 Å². The molecule has 1 aliphatic carbocycles. The van der Waals surface area contributed by atoms with E-state index in [1.165, 1.54) is 12.8 Å². The summed E-state index contributed by atoms with van der Waals surface area (Å²) in [6, 6.07) is 1.59. The highest BCUT2D eigenvalue weighted by atomic mass is 16.4. The first-order chi connectivity index (χ1) is 7.00. The lowest BCUT2D eigenvalue weighted by Gasteiger charge is -2.08. The van der Waals surface area contributed by atoms with Crippen LogP contribution in [0.5, 0.6) is 0 Å². The minimum atomic E-state index is -0.930. The first-order valence-corrected chi connectivity index (χ1v) is 5.08. The third-order valence-corrected chi connectivity index (χ3v) is 2.89. The summed E-state index contributed by atoms with van der Waals surface area (Å²) >= 11 is 0. The number of carboxylic acids is 1. The molecule has 15 heavy (non-hydrogen) atoms. The summed E-state index contributed by atoms with van der Waals surface area (Å²) in [5.41, 5.74) is 0.497. The molecule has 4 heteroatoms. The highest BCUT2D eigenvalue weighted by molar-refractivity contribution is 5.88. The largest absolute Gasteiger partial charge is 0.478 e. The van der Waals surface area contributed by atoms with Crippen LogP contribution in [-0.4, -0.2) is 16.6 Å². The number of aromatic carboxylic acids is 1. The monoisotopic (exact) mass is 209 g/mol. The van der Waals surface area contributed by atoms with E-state index in [-0.39, 0.29) is 11.1 Å². The number of rotatable bonds is 4. The zero-order valence-electron chi connectivity index (χ0n) is 8.96. The van der Waals surface area contributed by atoms with E-state index in [4.69, 9.17) is 9.52 Å². The summed E-state index contributed by atoms with van der Waals surface area (Å²) in [6.45, 7) is 4.43. The lowest BCUT2D eigenvalue weighted by molar-refractivity contribution is 0.0695. The molecule has 2 N–H and O–H groups in total. The van der Waals surface area contributed by atoms with Gasteiger partial charge in [0.2, 0.25) is 0 Å². The topological polar surface area (TPSA) is 62.5 Å². The van der Waals surface area contributed by atoms with Crippen LogP contribution in [0, 0.1) is 6.92 Å². The SMILES string of the molecule is Cc1oc(CNC2(C)CC2)cc1C(=O)O. The molecular formula is C11H15NO3. The number of nitrogens with one attached hydrogen (secondary N) is 1. The minimum absolute atomic E-state index is 0.240. The van der Waals surface area contributed by atoms with Crippen molar-refractivity contribution in [1.82, 2.24) is 5.32 Å². The zero-order chi connectivity index (χ0) is 11.1. The molecule has 0 aromatic carbocycles. The van der Waals surface area contributed by atoms with Crippen LogP contribution in [0.25, 0.3) is 0 Å². The van der Waals surface area contributed by atoms with Gasteiger partial charge in [-0.3, -0.25) is 0 Å². The maximum Gasteiger partial charge on any atom is 0.339 e. The fourth-order valence-electron chi connectivity index (χ4n) is 1.51. The van der Waals surface area contributed by atoms with Crippen molar-refractivity contribution in [3.05, 3.63) is 23.2 Å². The Morgan fingerprint density at radius 2 is 2.33 bits per heavy atom. The van der Waals surface area contributed by atoms with Gasteiger partial charge in [-0.25, -0.2) is 4.79 Å². The van der Waals surface area contributed by atoms with Crippen molar-refractivity contribution >= 4 is 5.97 Å². The minimum Gasteiger partial charge on any atom is -0.478 e. The highest BCUT2D eigenvalue weighted by Crippen LogP contribution is 2.34. The Morgan fingerprint density at radius 1 is 1.67 bits per heavy atom. The summed E-state index contributed by atoms with van der Waals surface area (Å²) in [6.07, 6.45) is 2.36. The van der Waals surface area contributed by atoms with E-state index in [2.05, 4.69) is 12.2 Å². The van der Waals surface area contributed by atoms with E-state index >= 15 is 0 Å². The summed E-state index contributed by atoms with van der Waals surface area (Å²) in [4.78, 5) is 10.8. The first kappa shape index (κ1) is 10.2. The van der Waals surface area contributed by atoms with Crippen LogP contribution in [-0.2, 0) is 6.54 Å². The van der Waals surface area contributed by atoms with Crippen LogP contribution in [0.1, 0.15) is 41.6 Å². The molecule has 0 atom stereocenters. The van der Waals surface area contributed by atoms with Crippen LogP contribution < -0.4 is 5.32 Å². The molecule has 1 aromatic rings. The number of aryl methyl sites for hydroxylation is 1. The van der Waals surface area contributed by atoms with Crippen LogP contribution in [0.15, 0.2) is 10.5 Å². The van der Waals surface area contributed by atoms with Gasteiger partial charge in [0.05, 0.1) is 6.54 Å². The van der Waals surface area contributed by atoms with Crippen molar-refractivity contribution in [3.63, 3.8) is 0 Å². The maximum atomic E-state index is 10.8. The second-order valence-electron chi connectivity index (χ2n) is 4.40. The fraction of sp³-hybridized carbons (Fsp3) is 0.545. The van der Waals surface area contributed by atoms with Gasteiger partial charge in [-0.15, -0.1) is 0 Å². The zero-order valence-corrected chi connectivity index (χ0v) is 8.96. The van der Waals surface area contributed by atoms with Crippen LogP contribution in [0.4, 0.5) is 0 Å². The van der Waals surface area contributed by atoms with Crippen molar-refractivity contribution in [2.45, 2.75) is 38.8 Å². The normalized spacial score (nSPS) is 17.7. The summed E-state index contributed by atoms with van der Waals surface area (Å²) in [5.74, 6) is 0.235. The van der Waals surface area contributed by atoms with Crippen molar-refractivity contribution in [1.29, 1.82) is 0 Å². The van der Waals surface area contributed by atoms with E-state index in [1.807, 2.05) is 0 Å². The smallest absolute Gasteiger partial charge is 0.339 e. The number of furan rings is 1. The van der Waals surface area contributed by atoms with Gasteiger partial charge in [0.25, 0.3) is 0 Å². The average Bonchev–Trinajstić information content (AvgIpc) is 2.75. The summed E-state index contributed by atoms with van der Waals surface area (Å²) in [5, 5.41) is 12.2. The van der Waals surface area contributed by atoms with Gasteiger partial charge in [-0.2, -0.15) is 0 Å². The first-order valence-electron chi connectivity index (χ1n) is 5.08. The molecule has 0 unspecified atom stereocenters. The molecule has 4 nitrogen and oxygen atoms in total. The molecule has 0 saturated heterocycles. The fourth-order valence-corrected chi connectivity index (χ4v) is 1.51. The van der Waals surface area contributed by atoms with E-state index in [1.54, 1.807) is 13.0 Å². The Labute approximate surface area is 88.3 Å². The molecule has 1 aromatic heterocycles. The second-order valence-corrected chi connectivity index (χ2v) is 4.40. The number of hydrogen-bond acceptors (Lipinski definition) is 3. The summed E-state index contributed by atoms with van der Waals surface area (Å²) in [7, 11) is 0. The lowest BCUT2D eigenvalue weighted by Crippen LogP contribution is -2.26. The van der Waals surface area contributed by atoms with E-state index in [0.717, 1.165) is 0 Å². The predicted molar refractivity (Wildman–Crippen MR) is 54.9 cm³/mol. The van der Waals surface area contributed by atoms with Crippen molar-refractivity contribution < 1.29 is 14.3 Å². The highest BCUT2D eigenvalue weighted by Gasteiger charge is 2.36. The average molecular weight is 209 g/mol.